The van der Waals surface area contributed by atoms with Crippen molar-refractivity contribution >= 4 is 28.9 Å². The minimum absolute atomic E-state index is 0.204. The van der Waals surface area contributed by atoms with Crippen molar-refractivity contribution < 1.29 is 4.79 Å². The number of aliphatic imine (C=N–C) groups is 1. The van der Waals surface area contributed by atoms with Gasteiger partial charge < -0.3 is 20.4 Å². The number of amides is 1. The van der Waals surface area contributed by atoms with Crippen LogP contribution in [-0.2, 0) is 11.3 Å². The number of benzene rings is 1. The van der Waals surface area contributed by atoms with E-state index in [-0.39, 0.29) is 5.91 Å². The molecule has 2 N–H and O–H groups in total. The number of piperazine rings is 1. The second kappa shape index (κ2) is 10.9. The molecule has 1 aromatic carbocycles. The van der Waals surface area contributed by atoms with Crippen LogP contribution in [0.3, 0.4) is 0 Å². The lowest BCUT2D eigenvalue weighted by Crippen LogP contribution is -2.49. The van der Waals surface area contributed by atoms with Gasteiger partial charge in [0.05, 0.1) is 6.54 Å². The molecule has 3 rings (SSSR count). The minimum atomic E-state index is 0.204. The molecule has 0 saturated carbocycles. The van der Waals surface area contributed by atoms with Gasteiger partial charge in [0.15, 0.2) is 5.96 Å². The van der Waals surface area contributed by atoms with Crippen LogP contribution >= 0.6 is 11.3 Å². The van der Waals surface area contributed by atoms with E-state index in [4.69, 9.17) is 0 Å². The van der Waals surface area contributed by atoms with E-state index in [0.29, 0.717) is 19.5 Å². The van der Waals surface area contributed by atoms with Gasteiger partial charge in [0.1, 0.15) is 0 Å². The summed E-state index contributed by atoms with van der Waals surface area (Å²) in [5, 5.41) is 6.54. The number of anilines is 1. The average molecular weight is 414 g/mol. The maximum atomic E-state index is 12.6. The number of nitrogens with zero attached hydrogens (tertiary/aromatic N) is 3. The molecule has 6 nitrogen and oxygen atoms in total. The molecule has 0 bridgehead atoms. The molecule has 0 unspecified atom stereocenters. The first-order valence-corrected chi connectivity index (χ1v) is 11.1. The van der Waals surface area contributed by atoms with Gasteiger partial charge in [-0.1, -0.05) is 18.2 Å². The van der Waals surface area contributed by atoms with E-state index in [1.54, 1.807) is 11.3 Å². The largest absolute Gasteiger partial charge is 0.368 e. The number of aryl methyl sites for hydroxylation is 1. The standard InChI is InChI=1S/C22H31N5OS/c1-3-23-22(25-17-20-10-9-18(2)29-20)24-12-11-21(28)27-15-13-26(14-16-27)19-7-5-4-6-8-19/h4-10H,3,11-17H2,1-2H3,(H2,23,24,25). The summed E-state index contributed by atoms with van der Waals surface area (Å²) < 4.78 is 0. The maximum absolute atomic E-state index is 12.6. The Morgan fingerprint density at radius 1 is 1.07 bits per heavy atom. The number of rotatable bonds is 7. The molecule has 2 heterocycles. The summed E-state index contributed by atoms with van der Waals surface area (Å²) in [7, 11) is 0. The highest BCUT2D eigenvalue weighted by Gasteiger charge is 2.20. The molecule has 1 aromatic heterocycles. The Labute approximate surface area is 177 Å². The van der Waals surface area contributed by atoms with Crippen molar-refractivity contribution in [3.05, 3.63) is 52.2 Å². The van der Waals surface area contributed by atoms with Gasteiger partial charge in [-0.2, -0.15) is 0 Å². The Bertz CT molecular complexity index is 797. The van der Waals surface area contributed by atoms with E-state index in [0.717, 1.165) is 38.7 Å². The minimum Gasteiger partial charge on any atom is -0.368 e. The highest BCUT2D eigenvalue weighted by molar-refractivity contribution is 7.11. The van der Waals surface area contributed by atoms with Crippen molar-refractivity contribution in [2.75, 3.05) is 44.2 Å². The Hall–Kier alpha value is -2.54. The van der Waals surface area contributed by atoms with Gasteiger partial charge in [0, 0.05) is 61.1 Å². The van der Waals surface area contributed by atoms with E-state index in [1.165, 1.54) is 15.4 Å². The van der Waals surface area contributed by atoms with Crippen LogP contribution in [0.25, 0.3) is 0 Å². The van der Waals surface area contributed by atoms with Crippen LogP contribution in [0.15, 0.2) is 47.5 Å². The van der Waals surface area contributed by atoms with Gasteiger partial charge >= 0.3 is 0 Å². The second-order valence-corrected chi connectivity index (χ2v) is 8.46. The number of guanidine groups is 1. The first-order valence-electron chi connectivity index (χ1n) is 10.3. The van der Waals surface area contributed by atoms with Crippen molar-refractivity contribution in [2.24, 2.45) is 4.99 Å². The third kappa shape index (κ3) is 6.49. The van der Waals surface area contributed by atoms with Gasteiger partial charge in [-0.3, -0.25) is 4.79 Å². The van der Waals surface area contributed by atoms with Gasteiger partial charge in [-0.25, -0.2) is 4.99 Å². The van der Waals surface area contributed by atoms with Crippen LogP contribution < -0.4 is 15.5 Å². The van der Waals surface area contributed by atoms with Crippen molar-refractivity contribution in [3.8, 4) is 0 Å². The molecule has 7 heteroatoms. The van der Waals surface area contributed by atoms with Crippen molar-refractivity contribution in [3.63, 3.8) is 0 Å². The molecule has 1 fully saturated rings. The fourth-order valence-corrected chi connectivity index (χ4v) is 4.18. The molecule has 1 saturated heterocycles. The third-order valence-corrected chi connectivity index (χ3v) is 5.90. The van der Waals surface area contributed by atoms with Crippen LogP contribution in [0, 0.1) is 6.92 Å². The highest BCUT2D eigenvalue weighted by Crippen LogP contribution is 2.16. The zero-order valence-corrected chi connectivity index (χ0v) is 18.2. The Morgan fingerprint density at radius 2 is 1.83 bits per heavy atom. The molecule has 1 aliphatic heterocycles. The van der Waals surface area contributed by atoms with Crippen LogP contribution in [-0.4, -0.2) is 56.0 Å². The summed E-state index contributed by atoms with van der Waals surface area (Å²) in [6.07, 6.45) is 0.480. The predicted molar refractivity (Wildman–Crippen MR) is 122 cm³/mol. The number of nitrogens with one attached hydrogen (secondary N) is 2. The number of hydrogen-bond donors (Lipinski definition) is 2. The van der Waals surface area contributed by atoms with E-state index < -0.39 is 0 Å². The second-order valence-electron chi connectivity index (χ2n) is 7.09. The summed E-state index contributed by atoms with van der Waals surface area (Å²) >= 11 is 1.77. The van der Waals surface area contributed by atoms with Gasteiger partial charge in [-0.15, -0.1) is 11.3 Å². The van der Waals surface area contributed by atoms with Gasteiger partial charge in [0.2, 0.25) is 5.91 Å². The quantitative estimate of drug-likeness (QED) is 0.541. The number of carbonyl (C=O) groups is 1. The Kier molecular flexibility index (Phi) is 7.93. The van der Waals surface area contributed by atoms with E-state index in [1.807, 2.05) is 17.9 Å². The number of hydrogen-bond acceptors (Lipinski definition) is 4. The van der Waals surface area contributed by atoms with Gasteiger partial charge in [-0.05, 0) is 38.1 Å². The molecule has 1 aliphatic rings. The number of para-hydroxylation sites is 1. The van der Waals surface area contributed by atoms with E-state index in [9.17, 15) is 4.79 Å². The summed E-state index contributed by atoms with van der Waals surface area (Å²) in [5.74, 6) is 0.968. The first-order chi connectivity index (χ1) is 14.2. The smallest absolute Gasteiger partial charge is 0.224 e. The van der Waals surface area contributed by atoms with Crippen LogP contribution in [0.4, 0.5) is 5.69 Å². The molecule has 0 atom stereocenters. The van der Waals surface area contributed by atoms with Crippen molar-refractivity contribution in [2.45, 2.75) is 26.8 Å². The highest BCUT2D eigenvalue weighted by atomic mass is 32.1. The molecule has 156 valence electrons. The zero-order valence-electron chi connectivity index (χ0n) is 17.4. The lowest BCUT2D eigenvalue weighted by molar-refractivity contribution is -0.131. The Morgan fingerprint density at radius 3 is 2.48 bits per heavy atom. The molecule has 0 radical (unpaired) electrons. The predicted octanol–water partition coefficient (Wildman–Crippen LogP) is 2.85. The number of carbonyl (C=O) groups excluding carboxylic acids is 1. The van der Waals surface area contributed by atoms with Crippen molar-refractivity contribution in [1.29, 1.82) is 0 Å². The zero-order chi connectivity index (χ0) is 20.5. The molecule has 29 heavy (non-hydrogen) atoms. The fraction of sp³-hybridized carbons (Fsp3) is 0.455. The fourth-order valence-electron chi connectivity index (χ4n) is 3.37. The van der Waals surface area contributed by atoms with Gasteiger partial charge in [0.25, 0.3) is 0 Å². The molecular weight excluding hydrogens is 382 g/mol. The van der Waals surface area contributed by atoms with E-state index >= 15 is 0 Å². The molecule has 1 amide bonds. The first kappa shape index (κ1) is 21.2. The molecule has 0 aliphatic carbocycles. The summed E-state index contributed by atoms with van der Waals surface area (Å²) in [5.41, 5.74) is 1.23. The van der Waals surface area contributed by atoms with Crippen molar-refractivity contribution in [1.82, 2.24) is 15.5 Å². The van der Waals surface area contributed by atoms with Crippen LogP contribution in [0.1, 0.15) is 23.1 Å². The SMILES string of the molecule is CCNC(=NCc1ccc(C)s1)NCCC(=O)N1CCN(c2ccccc2)CC1. The summed E-state index contributed by atoms with van der Waals surface area (Å²) in [4.78, 5) is 24.0. The number of thiophene rings is 1. The van der Waals surface area contributed by atoms with E-state index in [2.05, 4.69) is 63.8 Å². The lowest BCUT2D eigenvalue weighted by Gasteiger charge is -2.36. The topological polar surface area (TPSA) is 60.0 Å². The Balaban J connectivity index is 1.41. The monoisotopic (exact) mass is 413 g/mol. The average Bonchev–Trinajstić information content (AvgIpc) is 3.18. The molecular formula is C22H31N5OS. The summed E-state index contributed by atoms with van der Waals surface area (Å²) in [6, 6.07) is 14.6. The maximum Gasteiger partial charge on any atom is 0.224 e. The lowest BCUT2D eigenvalue weighted by atomic mass is 10.2. The third-order valence-electron chi connectivity index (χ3n) is 4.92. The molecule has 2 aromatic rings. The normalized spacial score (nSPS) is 14.8. The molecule has 0 spiro atoms. The summed E-state index contributed by atoms with van der Waals surface area (Å²) in [6.45, 7) is 9.51. The van der Waals surface area contributed by atoms with Crippen LogP contribution in [0.5, 0.6) is 0 Å². The van der Waals surface area contributed by atoms with Crippen LogP contribution in [0.2, 0.25) is 0 Å².